The van der Waals surface area contributed by atoms with Crippen molar-refractivity contribution in [3.63, 3.8) is 0 Å². The summed E-state index contributed by atoms with van der Waals surface area (Å²) in [6.07, 6.45) is 4.82. The quantitative estimate of drug-likeness (QED) is 0.826. The van der Waals surface area contributed by atoms with Gasteiger partial charge in [0.05, 0.1) is 0 Å². The van der Waals surface area contributed by atoms with Crippen LogP contribution in [-0.2, 0) is 12.0 Å². The zero-order valence-electron chi connectivity index (χ0n) is 13.3. The Morgan fingerprint density at radius 2 is 1.80 bits per heavy atom. The van der Waals surface area contributed by atoms with E-state index in [0.29, 0.717) is 0 Å². The fourth-order valence-corrected chi connectivity index (χ4v) is 3.55. The molecule has 1 aromatic heterocycles. The van der Waals surface area contributed by atoms with Gasteiger partial charge in [-0.15, -0.1) is 0 Å². The van der Waals surface area contributed by atoms with Gasteiger partial charge in [0, 0.05) is 49.0 Å². The number of likely N-dealkylation sites (N-methyl/N-ethyl adjacent to an activating group) is 1. The van der Waals surface area contributed by atoms with E-state index < -0.39 is 0 Å². The van der Waals surface area contributed by atoms with Crippen molar-refractivity contribution in [2.75, 3.05) is 20.1 Å². The average Bonchev–Trinajstić information content (AvgIpc) is 2.62. The van der Waals surface area contributed by atoms with Gasteiger partial charge in [-0.1, -0.05) is 26.8 Å². The minimum absolute atomic E-state index is 0.144. The summed E-state index contributed by atoms with van der Waals surface area (Å²) < 4.78 is 0. The normalized spacial score (nSPS) is 28.0. The molecule has 2 fully saturated rings. The van der Waals surface area contributed by atoms with Crippen LogP contribution in [0.15, 0.2) is 18.3 Å². The molecule has 1 aromatic rings. The van der Waals surface area contributed by atoms with Crippen molar-refractivity contribution in [3.8, 4) is 0 Å². The van der Waals surface area contributed by atoms with Gasteiger partial charge in [-0.25, -0.2) is 0 Å². The maximum atomic E-state index is 4.65. The number of hydrogen-bond acceptors (Lipinski definition) is 3. The molecule has 0 radical (unpaired) electrons. The summed E-state index contributed by atoms with van der Waals surface area (Å²) >= 11 is 0. The minimum atomic E-state index is 0.144. The van der Waals surface area contributed by atoms with Gasteiger partial charge in [-0.3, -0.25) is 14.8 Å². The monoisotopic (exact) mass is 273 g/mol. The van der Waals surface area contributed by atoms with Crippen LogP contribution < -0.4 is 0 Å². The molecule has 2 aliphatic heterocycles. The van der Waals surface area contributed by atoms with Crippen LogP contribution in [0.2, 0.25) is 0 Å². The molecular formula is C17H27N3. The topological polar surface area (TPSA) is 19.4 Å². The van der Waals surface area contributed by atoms with Crippen LogP contribution in [0.1, 0.15) is 44.9 Å². The highest BCUT2D eigenvalue weighted by Gasteiger charge is 2.37. The van der Waals surface area contributed by atoms with E-state index in [0.717, 1.165) is 18.6 Å². The lowest BCUT2D eigenvalue weighted by Gasteiger charge is -2.38. The standard InChI is InChI=1S/C17H27N3/c1-17(2,3)16-8-5-13(9-18-16)10-20-11-14-6-7-15(12-20)19(14)4/h5,8-9,14-15H,6-7,10-12H2,1-4H3. The first-order chi connectivity index (χ1) is 9.43. The largest absolute Gasteiger partial charge is 0.298 e. The first-order valence-electron chi connectivity index (χ1n) is 7.83. The lowest BCUT2D eigenvalue weighted by molar-refractivity contribution is 0.0837. The minimum Gasteiger partial charge on any atom is -0.298 e. The number of hydrogen-bond donors (Lipinski definition) is 0. The molecule has 3 heterocycles. The number of likely N-dealkylation sites (tertiary alicyclic amines) is 1. The molecule has 0 saturated carbocycles. The number of rotatable bonds is 2. The van der Waals surface area contributed by atoms with Crippen molar-refractivity contribution in [1.82, 2.24) is 14.8 Å². The summed E-state index contributed by atoms with van der Waals surface area (Å²) in [6.45, 7) is 10.1. The first kappa shape index (κ1) is 14.0. The van der Waals surface area contributed by atoms with Crippen molar-refractivity contribution in [2.24, 2.45) is 0 Å². The van der Waals surface area contributed by atoms with E-state index >= 15 is 0 Å². The Labute approximate surface area is 123 Å². The molecular weight excluding hydrogens is 246 g/mol. The van der Waals surface area contributed by atoms with Crippen molar-refractivity contribution < 1.29 is 0 Å². The predicted molar refractivity (Wildman–Crippen MR) is 82.8 cm³/mol. The molecule has 2 unspecified atom stereocenters. The Morgan fingerprint density at radius 3 is 2.30 bits per heavy atom. The zero-order valence-corrected chi connectivity index (χ0v) is 13.3. The number of pyridine rings is 1. The highest BCUT2D eigenvalue weighted by molar-refractivity contribution is 5.19. The van der Waals surface area contributed by atoms with Crippen LogP contribution in [0.3, 0.4) is 0 Å². The third-order valence-corrected chi connectivity index (χ3v) is 4.92. The van der Waals surface area contributed by atoms with Crippen molar-refractivity contribution >= 4 is 0 Å². The summed E-state index contributed by atoms with van der Waals surface area (Å²) in [5.74, 6) is 0. The molecule has 2 aliphatic rings. The van der Waals surface area contributed by atoms with Gasteiger partial charge in [-0.2, -0.15) is 0 Å². The third kappa shape index (κ3) is 2.75. The highest BCUT2D eigenvalue weighted by atomic mass is 15.3. The van der Waals surface area contributed by atoms with E-state index in [9.17, 15) is 0 Å². The van der Waals surface area contributed by atoms with Gasteiger partial charge in [0.1, 0.15) is 0 Å². The van der Waals surface area contributed by atoms with E-state index in [4.69, 9.17) is 0 Å². The average molecular weight is 273 g/mol. The molecule has 3 nitrogen and oxygen atoms in total. The Bertz CT molecular complexity index is 446. The second-order valence-corrected chi connectivity index (χ2v) is 7.55. The summed E-state index contributed by atoms with van der Waals surface area (Å²) in [5.41, 5.74) is 2.67. The lowest BCUT2D eigenvalue weighted by Crippen LogP contribution is -2.51. The number of piperazine rings is 1. The van der Waals surface area contributed by atoms with Crippen LogP contribution in [-0.4, -0.2) is 47.0 Å². The second-order valence-electron chi connectivity index (χ2n) is 7.55. The maximum absolute atomic E-state index is 4.65. The molecule has 3 heteroatoms. The van der Waals surface area contributed by atoms with Crippen LogP contribution in [0.25, 0.3) is 0 Å². The lowest BCUT2D eigenvalue weighted by atomic mass is 9.91. The molecule has 110 valence electrons. The van der Waals surface area contributed by atoms with Crippen LogP contribution in [0, 0.1) is 0 Å². The fourth-order valence-electron chi connectivity index (χ4n) is 3.55. The van der Waals surface area contributed by atoms with Crippen molar-refractivity contribution in [3.05, 3.63) is 29.6 Å². The van der Waals surface area contributed by atoms with Crippen LogP contribution in [0.5, 0.6) is 0 Å². The maximum Gasteiger partial charge on any atom is 0.0457 e. The summed E-state index contributed by atoms with van der Waals surface area (Å²) in [7, 11) is 2.29. The van der Waals surface area contributed by atoms with Crippen LogP contribution >= 0.6 is 0 Å². The molecule has 0 aliphatic carbocycles. The van der Waals surface area contributed by atoms with E-state index in [2.05, 4.69) is 60.9 Å². The number of aromatic nitrogens is 1. The van der Waals surface area contributed by atoms with Crippen molar-refractivity contribution in [1.29, 1.82) is 0 Å². The Morgan fingerprint density at radius 1 is 1.15 bits per heavy atom. The van der Waals surface area contributed by atoms with Gasteiger partial charge in [0.2, 0.25) is 0 Å². The molecule has 3 rings (SSSR count). The van der Waals surface area contributed by atoms with Gasteiger partial charge >= 0.3 is 0 Å². The number of fused-ring (bicyclic) bond motifs is 2. The Hall–Kier alpha value is -0.930. The smallest absolute Gasteiger partial charge is 0.0457 e. The Kier molecular flexibility index (Phi) is 3.59. The first-order valence-corrected chi connectivity index (χ1v) is 7.83. The summed E-state index contributed by atoms with van der Waals surface area (Å²) in [5, 5.41) is 0. The second kappa shape index (κ2) is 5.12. The van der Waals surface area contributed by atoms with Crippen LogP contribution in [0.4, 0.5) is 0 Å². The molecule has 2 bridgehead atoms. The van der Waals surface area contributed by atoms with E-state index in [1.54, 1.807) is 0 Å². The van der Waals surface area contributed by atoms with Gasteiger partial charge < -0.3 is 0 Å². The van der Waals surface area contributed by atoms with E-state index in [-0.39, 0.29) is 5.41 Å². The van der Waals surface area contributed by atoms with Gasteiger partial charge in [0.15, 0.2) is 0 Å². The predicted octanol–water partition coefficient (Wildman–Crippen LogP) is 2.66. The van der Waals surface area contributed by atoms with E-state index in [1.165, 1.54) is 37.2 Å². The van der Waals surface area contributed by atoms with Gasteiger partial charge in [-0.05, 0) is 31.5 Å². The van der Waals surface area contributed by atoms with Crippen molar-refractivity contribution in [2.45, 2.75) is 57.7 Å². The molecule has 0 N–H and O–H groups in total. The molecule has 20 heavy (non-hydrogen) atoms. The molecule has 2 saturated heterocycles. The van der Waals surface area contributed by atoms with Gasteiger partial charge in [0.25, 0.3) is 0 Å². The fraction of sp³-hybridized carbons (Fsp3) is 0.706. The summed E-state index contributed by atoms with van der Waals surface area (Å²) in [4.78, 5) is 9.84. The molecule has 0 amide bonds. The summed E-state index contributed by atoms with van der Waals surface area (Å²) in [6, 6.07) is 6.00. The molecule has 2 atom stereocenters. The number of nitrogens with zero attached hydrogens (tertiary/aromatic N) is 3. The SMILES string of the molecule is CN1C2CCC1CN(Cc1ccc(C(C)(C)C)nc1)C2. The Balaban J connectivity index is 1.64. The third-order valence-electron chi connectivity index (χ3n) is 4.92. The zero-order chi connectivity index (χ0) is 14.3. The highest BCUT2D eigenvalue weighted by Crippen LogP contribution is 2.29. The molecule has 0 aromatic carbocycles. The van der Waals surface area contributed by atoms with E-state index in [1.807, 2.05) is 0 Å². The molecule has 0 spiro atoms.